The van der Waals surface area contributed by atoms with Crippen LogP contribution in [-0.4, -0.2) is 18.2 Å². The fourth-order valence-corrected chi connectivity index (χ4v) is 1.73. The molecule has 0 aliphatic heterocycles. The molecule has 0 aromatic carbocycles. The first-order valence-corrected chi connectivity index (χ1v) is 4.84. The first-order valence-electron chi connectivity index (χ1n) is 4.84. The van der Waals surface area contributed by atoms with E-state index in [2.05, 4.69) is 12.2 Å². The fraction of sp³-hybridized carbons (Fsp3) is 0.700. The molecule has 0 spiro atoms. The Hall–Kier alpha value is 0.114. The zero-order valence-electron chi connectivity index (χ0n) is 8.42. The first-order chi connectivity index (χ1) is 6.20. The summed E-state index contributed by atoms with van der Waals surface area (Å²) in [4.78, 5) is 21.4. The van der Waals surface area contributed by atoms with Crippen molar-refractivity contribution in [2.75, 3.05) is 6.54 Å². The third-order valence-corrected chi connectivity index (χ3v) is 2.53. The predicted octanol–water partition coefficient (Wildman–Crippen LogP) is 1.08. The third-order valence-electron chi connectivity index (χ3n) is 2.53. The molecule has 3 nitrogen and oxygen atoms in total. The predicted molar refractivity (Wildman–Crippen MR) is 49.9 cm³/mol. The summed E-state index contributed by atoms with van der Waals surface area (Å²) >= 11 is 0. The van der Waals surface area contributed by atoms with Crippen LogP contribution in [0.25, 0.3) is 0 Å². The van der Waals surface area contributed by atoms with Crippen LogP contribution in [0, 0.1) is 12.8 Å². The van der Waals surface area contributed by atoms with Gasteiger partial charge in [0.25, 0.3) is 0 Å². The molecular formula is C10H16NO2Y-. The molecule has 14 heavy (non-hydrogen) atoms. The summed E-state index contributed by atoms with van der Waals surface area (Å²) in [5.41, 5.74) is 0. The molecule has 4 heteroatoms. The summed E-state index contributed by atoms with van der Waals surface area (Å²) < 4.78 is 0. The van der Waals surface area contributed by atoms with Crippen molar-refractivity contribution in [3.63, 3.8) is 0 Å². The molecule has 1 aliphatic rings. The van der Waals surface area contributed by atoms with E-state index in [-0.39, 0.29) is 32.7 Å². The molecule has 1 amide bonds. The van der Waals surface area contributed by atoms with Crippen LogP contribution >= 0.6 is 0 Å². The monoisotopic (exact) mass is 271 g/mol. The van der Waals surface area contributed by atoms with Crippen molar-refractivity contribution < 1.29 is 42.3 Å². The molecule has 1 saturated carbocycles. The number of ketones is 1. The maximum absolute atomic E-state index is 10.9. The second kappa shape index (κ2) is 7.41. The second-order valence-electron chi connectivity index (χ2n) is 3.64. The minimum absolute atomic E-state index is 0. The maximum atomic E-state index is 10.9. The molecule has 1 aliphatic carbocycles. The molecular weight excluding hydrogens is 255 g/mol. The molecule has 0 bridgehead atoms. The van der Waals surface area contributed by atoms with Gasteiger partial charge in [-0.25, -0.2) is 0 Å². The number of rotatable bonds is 3. The van der Waals surface area contributed by atoms with Crippen LogP contribution in [0.15, 0.2) is 0 Å². The van der Waals surface area contributed by atoms with E-state index in [0.29, 0.717) is 12.5 Å². The van der Waals surface area contributed by atoms with E-state index in [9.17, 15) is 9.59 Å². The van der Waals surface area contributed by atoms with E-state index >= 15 is 0 Å². The van der Waals surface area contributed by atoms with Gasteiger partial charge in [-0.05, 0) is 18.8 Å². The van der Waals surface area contributed by atoms with E-state index in [1.54, 1.807) is 0 Å². The van der Waals surface area contributed by atoms with E-state index in [1.165, 1.54) is 32.1 Å². The summed E-state index contributed by atoms with van der Waals surface area (Å²) in [5, 5.41) is 2.60. The molecule has 1 rings (SSSR count). The van der Waals surface area contributed by atoms with E-state index < -0.39 is 11.7 Å². The van der Waals surface area contributed by atoms with Crippen LogP contribution < -0.4 is 5.32 Å². The Bertz CT molecular complexity index is 200. The third kappa shape index (κ3) is 5.11. The largest absolute Gasteiger partial charge is 0.427 e. The number of nitrogens with one attached hydrogen (secondary N) is 1. The Morgan fingerprint density at radius 2 is 1.79 bits per heavy atom. The van der Waals surface area contributed by atoms with Crippen LogP contribution in [0.3, 0.4) is 0 Å². The van der Waals surface area contributed by atoms with Gasteiger partial charge in [0.05, 0.1) is 5.78 Å². The van der Waals surface area contributed by atoms with Crippen molar-refractivity contribution in [2.24, 2.45) is 5.92 Å². The Morgan fingerprint density at radius 3 is 2.29 bits per heavy atom. The van der Waals surface area contributed by atoms with Crippen LogP contribution in [0.2, 0.25) is 0 Å². The Balaban J connectivity index is 0.00000169. The summed E-state index contributed by atoms with van der Waals surface area (Å²) in [6.07, 6.45) is 6.15. The van der Waals surface area contributed by atoms with Crippen LogP contribution in [-0.2, 0) is 42.3 Å². The minimum Gasteiger partial charge on any atom is -0.427 e. The average molecular weight is 271 g/mol. The van der Waals surface area contributed by atoms with Crippen LogP contribution in [0.4, 0.5) is 0 Å². The Morgan fingerprint density at radius 1 is 1.21 bits per heavy atom. The van der Waals surface area contributed by atoms with Gasteiger partial charge in [-0.3, -0.25) is 0 Å². The zero-order chi connectivity index (χ0) is 9.68. The van der Waals surface area contributed by atoms with E-state index in [4.69, 9.17) is 0 Å². The first kappa shape index (κ1) is 14.1. The van der Waals surface area contributed by atoms with Crippen LogP contribution in [0.5, 0.6) is 0 Å². The smallest absolute Gasteiger partial charge is 0.131 e. The van der Waals surface area contributed by atoms with Crippen molar-refractivity contribution in [1.82, 2.24) is 5.32 Å². The van der Waals surface area contributed by atoms with Crippen LogP contribution in [0.1, 0.15) is 32.1 Å². The topological polar surface area (TPSA) is 46.2 Å². The van der Waals surface area contributed by atoms with Crippen molar-refractivity contribution in [1.29, 1.82) is 0 Å². The SMILES string of the molecule is [CH2-]C(=O)C(=O)NCC1CCCCC1.[Y]. The summed E-state index contributed by atoms with van der Waals surface area (Å²) in [6.45, 7) is 3.69. The van der Waals surface area contributed by atoms with Crippen molar-refractivity contribution in [3.8, 4) is 0 Å². The average Bonchev–Trinajstić information content (AvgIpc) is 2.15. The molecule has 77 valence electrons. The summed E-state index contributed by atoms with van der Waals surface area (Å²) in [5.74, 6) is -0.626. The molecule has 0 unspecified atom stereocenters. The number of amides is 1. The van der Waals surface area contributed by atoms with Gasteiger partial charge in [-0.1, -0.05) is 19.3 Å². The van der Waals surface area contributed by atoms with Crippen molar-refractivity contribution in [2.45, 2.75) is 32.1 Å². The number of hydrogen-bond donors (Lipinski definition) is 1. The number of carbonyl (C=O) groups excluding carboxylic acids is 2. The normalized spacial score (nSPS) is 16.9. The molecule has 0 atom stereocenters. The van der Waals surface area contributed by atoms with E-state index in [1.807, 2.05) is 0 Å². The number of Topliss-reactive ketones (excluding diaryl/α,β-unsaturated/α-hetero) is 1. The van der Waals surface area contributed by atoms with Gasteiger partial charge >= 0.3 is 0 Å². The standard InChI is InChI=1S/C10H16NO2.Y/c1-8(12)10(13)11-7-9-5-3-2-4-6-9;/h9H,1-7H2,(H,11,13);/q-1;. The van der Waals surface area contributed by atoms with Gasteiger partial charge in [0.2, 0.25) is 0 Å². The Labute approximate surface area is 110 Å². The van der Waals surface area contributed by atoms with Gasteiger partial charge in [0.1, 0.15) is 5.91 Å². The maximum Gasteiger partial charge on any atom is 0.131 e. The fourth-order valence-electron chi connectivity index (χ4n) is 1.73. The molecule has 0 aromatic rings. The zero-order valence-corrected chi connectivity index (χ0v) is 11.3. The number of carbonyl (C=O) groups is 2. The molecule has 1 fully saturated rings. The Kier molecular flexibility index (Phi) is 7.47. The molecule has 0 aromatic heterocycles. The van der Waals surface area contributed by atoms with Crippen molar-refractivity contribution >= 4 is 11.7 Å². The van der Waals surface area contributed by atoms with E-state index in [0.717, 1.165) is 0 Å². The quantitative estimate of drug-likeness (QED) is 0.617. The molecule has 0 heterocycles. The van der Waals surface area contributed by atoms with Crippen molar-refractivity contribution in [3.05, 3.63) is 6.92 Å². The van der Waals surface area contributed by atoms with Gasteiger partial charge in [0, 0.05) is 39.3 Å². The van der Waals surface area contributed by atoms with Gasteiger partial charge < -0.3 is 14.9 Å². The van der Waals surface area contributed by atoms with Gasteiger partial charge in [-0.2, -0.15) is 6.92 Å². The summed E-state index contributed by atoms with van der Waals surface area (Å²) in [7, 11) is 0. The van der Waals surface area contributed by atoms with Gasteiger partial charge in [-0.15, -0.1) is 0 Å². The van der Waals surface area contributed by atoms with Gasteiger partial charge in [0.15, 0.2) is 0 Å². The molecule has 0 saturated heterocycles. The second-order valence-corrected chi connectivity index (χ2v) is 3.64. The minimum atomic E-state index is -0.643. The number of hydrogen-bond acceptors (Lipinski definition) is 2. The molecule has 1 N–H and O–H groups in total. The molecule has 1 radical (unpaired) electrons. The summed E-state index contributed by atoms with van der Waals surface area (Å²) in [6, 6.07) is 0.